The third-order valence-corrected chi connectivity index (χ3v) is 5.83. The van der Waals surface area contributed by atoms with Crippen molar-refractivity contribution in [2.24, 2.45) is 16.7 Å². The molecule has 134 valence electrons. The normalized spacial score (nSPS) is 25.4. The van der Waals surface area contributed by atoms with Gasteiger partial charge in [0.25, 0.3) is 0 Å². The van der Waals surface area contributed by atoms with Crippen molar-refractivity contribution in [2.75, 3.05) is 13.1 Å². The molecule has 1 saturated carbocycles. The van der Waals surface area contributed by atoms with E-state index >= 15 is 0 Å². The molecule has 1 fully saturated rings. The number of carbonyl (C=O) groups excluding carboxylic acids is 2. The molecule has 2 atom stereocenters. The lowest BCUT2D eigenvalue weighted by Gasteiger charge is -2.39. The van der Waals surface area contributed by atoms with Gasteiger partial charge in [-0.15, -0.1) is 0 Å². The monoisotopic (exact) mass is 334 g/mol. The largest absolute Gasteiger partial charge is 0.356 e. The van der Waals surface area contributed by atoms with Crippen LogP contribution in [0.15, 0.2) is 12.4 Å². The number of nitrogens with one attached hydrogen (secondary N) is 3. The van der Waals surface area contributed by atoms with Crippen molar-refractivity contribution in [3.63, 3.8) is 0 Å². The summed E-state index contributed by atoms with van der Waals surface area (Å²) in [5.74, 6) is 0.944. The number of aromatic amines is 1. The van der Waals surface area contributed by atoms with Crippen LogP contribution in [0, 0.1) is 16.7 Å². The molecule has 3 N–H and O–H groups in total. The van der Waals surface area contributed by atoms with E-state index in [1.54, 1.807) is 12.4 Å². The number of H-pyrrole nitrogens is 1. The van der Waals surface area contributed by atoms with Crippen LogP contribution >= 0.6 is 0 Å². The standard InChI is InChI=1S/C18H30N4O2/c1-5-19-15(23)13-8-9-18(4,17(13,2)3)16(24)22-10-6-7-14-20-11-12-21-14/h11-13H,5-10H2,1-4H3,(H,19,23)(H,20,21)(H,22,24)/t13-,18+/m0/s1. The lowest BCUT2D eigenvalue weighted by atomic mass is 9.65. The van der Waals surface area contributed by atoms with Crippen molar-refractivity contribution >= 4 is 11.8 Å². The first-order valence-corrected chi connectivity index (χ1v) is 8.87. The second-order valence-corrected chi connectivity index (χ2v) is 7.43. The van der Waals surface area contributed by atoms with Gasteiger partial charge in [-0.25, -0.2) is 4.98 Å². The van der Waals surface area contributed by atoms with E-state index in [9.17, 15) is 9.59 Å². The first kappa shape index (κ1) is 18.5. The molecule has 0 aliphatic heterocycles. The summed E-state index contributed by atoms with van der Waals surface area (Å²) in [4.78, 5) is 32.4. The summed E-state index contributed by atoms with van der Waals surface area (Å²) in [5, 5.41) is 5.97. The van der Waals surface area contributed by atoms with Crippen LogP contribution in [0.25, 0.3) is 0 Å². The Balaban J connectivity index is 1.91. The van der Waals surface area contributed by atoms with Crippen molar-refractivity contribution in [3.8, 4) is 0 Å². The second kappa shape index (κ2) is 7.36. The summed E-state index contributed by atoms with van der Waals surface area (Å²) in [6.07, 6.45) is 6.69. The maximum absolute atomic E-state index is 12.8. The fourth-order valence-electron chi connectivity index (χ4n) is 3.75. The molecule has 6 heteroatoms. The van der Waals surface area contributed by atoms with E-state index in [0.29, 0.717) is 13.1 Å². The van der Waals surface area contributed by atoms with Gasteiger partial charge in [-0.05, 0) is 31.6 Å². The number of amides is 2. The Morgan fingerprint density at radius 3 is 2.71 bits per heavy atom. The number of carbonyl (C=O) groups is 2. The fraction of sp³-hybridized carbons (Fsp3) is 0.722. The molecule has 1 aliphatic rings. The Kier molecular flexibility index (Phi) is 5.67. The first-order chi connectivity index (χ1) is 11.3. The van der Waals surface area contributed by atoms with E-state index in [1.807, 2.05) is 27.7 Å². The predicted octanol–water partition coefficient (Wildman–Crippen LogP) is 2.04. The van der Waals surface area contributed by atoms with Gasteiger partial charge < -0.3 is 15.6 Å². The van der Waals surface area contributed by atoms with Gasteiger partial charge in [0.05, 0.1) is 5.41 Å². The molecule has 1 aromatic rings. The summed E-state index contributed by atoms with van der Waals surface area (Å²) < 4.78 is 0. The highest BCUT2D eigenvalue weighted by Gasteiger charge is 2.57. The van der Waals surface area contributed by atoms with E-state index in [4.69, 9.17) is 0 Å². The Bertz CT molecular complexity index is 568. The van der Waals surface area contributed by atoms with Crippen LogP contribution in [0.3, 0.4) is 0 Å². The quantitative estimate of drug-likeness (QED) is 0.667. The number of hydrogen-bond acceptors (Lipinski definition) is 3. The van der Waals surface area contributed by atoms with Gasteiger partial charge in [0, 0.05) is 37.8 Å². The van der Waals surface area contributed by atoms with Crippen molar-refractivity contribution in [3.05, 3.63) is 18.2 Å². The summed E-state index contributed by atoms with van der Waals surface area (Å²) >= 11 is 0. The molecule has 2 amide bonds. The molecular weight excluding hydrogens is 304 g/mol. The second-order valence-electron chi connectivity index (χ2n) is 7.43. The number of aryl methyl sites for hydroxylation is 1. The summed E-state index contributed by atoms with van der Waals surface area (Å²) in [6.45, 7) is 9.25. The third-order valence-electron chi connectivity index (χ3n) is 5.83. The van der Waals surface area contributed by atoms with Gasteiger partial charge in [0.1, 0.15) is 5.82 Å². The van der Waals surface area contributed by atoms with Gasteiger partial charge in [-0.2, -0.15) is 0 Å². The Morgan fingerprint density at radius 1 is 1.33 bits per heavy atom. The molecular formula is C18H30N4O2. The zero-order valence-electron chi connectivity index (χ0n) is 15.2. The van der Waals surface area contributed by atoms with Crippen molar-refractivity contribution in [2.45, 2.75) is 53.4 Å². The number of imidazole rings is 1. The van der Waals surface area contributed by atoms with Crippen molar-refractivity contribution < 1.29 is 9.59 Å². The van der Waals surface area contributed by atoms with Gasteiger partial charge in [0.15, 0.2) is 0 Å². The lowest BCUT2D eigenvalue weighted by molar-refractivity contribution is -0.138. The fourth-order valence-corrected chi connectivity index (χ4v) is 3.75. The highest BCUT2D eigenvalue weighted by molar-refractivity contribution is 5.87. The Hall–Kier alpha value is -1.85. The van der Waals surface area contributed by atoms with Crippen LogP contribution in [0.5, 0.6) is 0 Å². The molecule has 1 heterocycles. The van der Waals surface area contributed by atoms with Crippen LogP contribution < -0.4 is 10.6 Å². The van der Waals surface area contributed by atoms with E-state index in [1.165, 1.54) is 0 Å². The summed E-state index contributed by atoms with van der Waals surface area (Å²) in [5.41, 5.74) is -0.884. The molecule has 0 radical (unpaired) electrons. The molecule has 0 spiro atoms. The molecule has 6 nitrogen and oxygen atoms in total. The molecule has 1 aromatic heterocycles. The molecule has 2 rings (SSSR count). The molecule has 0 bridgehead atoms. The highest BCUT2D eigenvalue weighted by Crippen LogP contribution is 2.56. The van der Waals surface area contributed by atoms with E-state index in [2.05, 4.69) is 20.6 Å². The number of rotatable bonds is 7. The Labute approximate surface area is 144 Å². The van der Waals surface area contributed by atoms with E-state index in [0.717, 1.165) is 31.5 Å². The Morgan fingerprint density at radius 2 is 2.08 bits per heavy atom. The number of nitrogens with zero attached hydrogens (tertiary/aromatic N) is 1. The lowest BCUT2D eigenvalue weighted by Crippen LogP contribution is -2.49. The molecule has 0 aromatic carbocycles. The van der Waals surface area contributed by atoms with E-state index < -0.39 is 5.41 Å². The smallest absolute Gasteiger partial charge is 0.226 e. The van der Waals surface area contributed by atoms with Crippen LogP contribution in [0.1, 0.15) is 52.8 Å². The average Bonchev–Trinajstić information content (AvgIpc) is 3.11. The van der Waals surface area contributed by atoms with Gasteiger partial charge in [-0.1, -0.05) is 20.8 Å². The maximum Gasteiger partial charge on any atom is 0.226 e. The van der Waals surface area contributed by atoms with Gasteiger partial charge in [-0.3, -0.25) is 9.59 Å². The predicted molar refractivity (Wildman–Crippen MR) is 93.2 cm³/mol. The van der Waals surface area contributed by atoms with Crippen LogP contribution in [-0.2, 0) is 16.0 Å². The summed E-state index contributed by atoms with van der Waals surface area (Å²) in [7, 11) is 0. The van der Waals surface area contributed by atoms with Crippen LogP contribution in [0.2, 0.25) is 0 Å². The average molecular weight is 334 g/mol. The number of aromatic nitrogens is 2. The maximum atomic E-state index is 12.8. The van der Waals surface area contributed by atoms with Crippen LogP contribution in [-0.4, -0.2) is 34.9 Å². The van der Waals surface area contributed by atoms with Crippen molar-refractivity contribution in [1.29, 1.82) is 0 Å². The molecule has 1 aliphatic carbocycles. The van der Waals surface area contributed by atoms with Gasteiger partial charge in [0.2, 0.25) is 11.8 Å². The highest BCUT2D eigenvalue weighted by atomic mass is 16.2. The van der Waals surface area contributed by atoms with Crippen molar-refractivity contribution in [1.82, 2.24) is 20.6 Å². The molecule has 24 heavy (non-hydrogen) atoms. The van der Waals surface area contributed by atoms with Crippen LogP contribution in [0.4, 0.5) is 0 Å². The first-order valence-electron chi connectivity index (χ1n) is 8.87. The zero-order valence-corrected chi connectivity index (χ0v) is 15.2. The zero-order chi connectivity index (χ0) is 17.8. The van der Waals surface area contributed by atoms with E-state index in [-0.39, 0.29) is 23.1 Å². The SMILES string of the molecule is CCNC(=O)[C@@H]1CC[C@](C)(C(=O)NCCCc2ncc[nH]2)C1(C)C. The minimum absolute atomic E-state index is 0.0544. The van der Waals surface area contributed by atoms with Gasteiger partial charge >= 0.3 is 0 Å². The minimum atomic E-state index is -0.520. The third kappa shape index (κ3) is 3.47. The number of hydrogen-bond donors (Lipinski definition) is 3. The molecule has 0 saturated heterocycles. The topological polar surface area (TPSA) is 86.9 Å². The minimum Gasteiger partial charge on any atom is -0.356 e. The summed E-state index contributed by atoms with van der Waals surface area (Å²) in [6, 6.07) is 0. The molecule has 0 unspecified atom stereocenters.